The second kappa shape index (κ2) is 10.5. The summed E-state index contributed by atoms with van der Waals surface area (Å²) in [6.45, 7) is 2.27. The van der Waals surface area contributed by atoms with Crippen LogP contribution in [0.25, 0.3) is 0 Å². The quantitative estimate of drug-likeness (QED) is 0.202. The largest absolute Gasteiger partial charge is 0.115 e. The van der Waals surface area contributed by atoms with E-state index in [2.05, 4.69) is 13.0 Å². The lowest BCUT2D eigenvalue weighted by atomic mass is 10.1. The van der Waals surface area contributed by atoms with E-state index in [1.807, 2.05) is 22.1 Å². The molecule has 0 aliphatic heterocycles. The number of hydrogen-bond donors (Lipinski definition) is 0. The molecule has 0 aliphatic rings. The van der Waals surface area contributed by atoms with Crippen LogP contribution in [0.2, 0.25) is 0 Å². The summed E-state index contributed by atoms with van der Waals surface area (Å²) < 4.78 is 2.44. The summed E-state index contributed by atoms with van der Waals surface area (Å²) in [6, 6.07) is 2.14. The standard InChI is InChI=1S/C13H22S4/c1-2-3-4-5-6-7-8-9-10-15-13-11-12(14)16-17-13/h11H,2-10H2,1H3. The zero-order valence-electron chi connectivity index (χ0n) is 10.6. The van der Waals surface area contributed by atoms with E-state index in [0.29, 0.717) is 0 Å². The minimum atomic E-state index is 1.04. The van der Waals surface area contributed by atoms with Crippen molar-refractivity contribution < 1.29 is 0 Å². The van der Waals surface area contributed by atoms with E-state index in [9.17, 15) is 0 Å². The van der Waals surface area contributed by atoms with Gasteiger partial charge in [-0.05, 0) is 18.2 Å². The number of hydrogen-bond acceptors (Lipinski definition) is 4. The van der Waals surface area contributed by atoms with E-state index < -0.39 is 0 Å². The normalized spacial score (nSPS) is 10.9. The Morgan fingerprint density at radius 3 is 2.24 bits per heavy atom. The molecule has 0 aliphatic carbocycles. The lowest BCUT2D eigenvalue weighted by Crippen LogP contribution is -1.82. The highest BCUT2D eigenvalue weighted by molar-refractivity contribution is 8.02. The lowest BCUT2D eigenvalue weighted by molar-refractivity contribution is 0.586. The molecular weight excluding hydrogens is 284 g/mol. The summed E-state index contributed by atoms with van der Waals surface area (Å²) in [5, 5.41) is 0. The molecule has 1 aromatic heterocycles. The monoisotopic (exact) mass is 306 g/mol. The van der Waals surface area contributed by atoms with Gasteiger partial charge in [0.2, 0.25) is 0 Å². The van der Waals surface area contributed by atoms with E-state index in [4.69, 9.17) is 12.2 Å². The second-order valence-electron chi connectivity index (χ2n) is 4.27. The van der Waals surface area contributed by atoms with Gasteiger partial charge in [-0.25, -0.2) is 0 Å². The Labute approximate surface area is 122 Å². The Morgan fingerprint density at radius 1 is 1.00 bits per heavy atom. The van der Waals surface area contributed by atoms with Gasteiger partial charge in [-0.1, -0.05) is 84.8 Å². The minimum absolute atomic E-state index is 1.04. The molecular formula is C13H22S4. The SMILES string of the molecule is CCCCCCCCCCSc1cc(=S)ss1. The molecule has 0 aromatic carbocycles. The van der Waals surface area contributed by atoms with Crippen molar-refractivity contribution >= 4 is 44.7 Å². The van der Waals surface area contributed by atoms with Crippen LogP contribution >= 0.6 is 44.7 Å². The van der Waals surface area contributed by atoms with Crippen molar-refractivity contribution in [2.75, 3.05) is 5.75 Å². The number of rotatable bonds is 10. The third-order valence-corrected chi connectivity index (χ3v) is 7.16. The first-order chi connectivity index (χ1) is 8.33. The average Bonchev–Trinajstić information content (AvgIpc) is 2.73. The van der Waals surface area contributed by atoms with Crippen molar-refractivity contribution in [1.29, 1.82) is 0 Å². The van der Waals surface area contributed by atoms with Gasteiger partial charge in [-0.3, -0.25) is 0 Å². The average molecular weight is 307 g/mol. The molecule has 1 aromatic rings. The van der Waals surface area contributed by atoms with Crippen molar-refractivity contribution in [2.45, 2.75) is 62.5 Å². The molecule has 0 spiro atoms. The van der Waals surface area contributed by atoms with Crippen LogP contribution in [0.1, 0.15) is 58.3 Å². The molecule has 0 unspecified atom stereocenters. The predicted molar refractivity (Wildman–Crippen MR) is 86.4 cm³/mol. The lowest BCUT2D eigenvalue weighted by Gasteiger charge is -2.01. The van der Waals surface area contributed by atoms with E-state index in [1.165, 1.54) is 61.3 Å². The fourth-order valence-electron chi connectivity index (χ4n) is 1.70. The zero-order valence-corrected chi connectivity index (χ0v) is 13.8. The van der Waals surface area contributed by atoms with Crippen molar-refractivity contribution in [2.24, 2.45) is 0 Å². The predicted octanol–water partition coefficient (Wildman–Crippen LogP) is 6.77. The third kappa shape index (κ3) is 8.36. The van der Waals surface area contributed by atoms with Crippen LogP contribution in [0, 0.1) is 3.82 Å². The Morgan fingerprint density at radius 2 is 1.65 bits per heavy atom. The Kier molecular flexibility index (Phi) is 9.71. The van der Waals surface area contributed by atoms with Gasteiger partial charge >= 0.3 is 0 Å². The molecule has 0 nitrogen and oxygen atoms in total. The molecule has 0 saturated heterocycles. The fraction of sp³-hybridized carbons (Fsp3) is 0.769. The minimum Gasteiger partial charge on any atom is -0.115 e. The van der Waals surface area contributed by atoms with Crippen LogP contribution in [0.15, 0.2) is 10.3 Å². The molecule has 0 radical (unpaired) electrons. The first-order valence-corrected chi connectivity index (χ1v) is 10.1. The van der Waals surface area contributed by atoms with Gasteiger partial charge in [0.05, 0.1) is 4.21 Å². The third-order valence-electron chi connectivity index (χ3n) is 2.68. The summed E-state index contributed by atoms with van der Waals surface area (Å²) in [6.07, 6.45) is 11.2. The first-order valence-electron chi connectivity index (χ1n) is 6.56. The van der Waals surface area contributed by atoms with Crippen molar-refractivity contribution in [3.8, 4) is 0 Å². The Hall–Kier alpha value is 0.620. The highest BCUT2D eigenvalue weighted by atomic mass is 32.9. The highest BCUT2D eigenvalue weighted by Gasteiger charge is 1.97. The zero-order chi connectivity index (χ0) is 12.3. The Balaban J connectivity index is 1.86. The molecule has 1 rings (SSSR count). The van der Waals surface area contributed by atoms with Gasteiger partial charge in [0.1, 0.15) is 3.82 Å². The summed E-state index contributed by atoms with van der Waals surface area (Å²) in [5.41, 5.74) is 0. The van der Waals surface area contributed by atoms with Crippen molar-refractivity contribution in [3.63, 3.8) is 0 Å². The maximum Gasteiger partial charge on any atom is 0.103 e. The maximum absolute atomic E-state index is 5.12. The summed E-state index contributed by atoms with van der Waals surface area (Å²) in [7, 11) is 3.55. The van der Waals surface area contributed by atoms with Crippen molar-refractivity contribution in [1.82, 2.24) is 0 Å². The molecule has 17 heavy (non-hydrogen) atoms. The van der Waals surface area contributed by atoms with E-state index >= 15 is 0 Å². The van der Waals surface area contributed by atoms with Crippen LogP contribution in [0.3, 0.4) is 0 Å². The molecule has 1 heterocycles. The molecule has 4 heteroatoms. The Bertz CT molecular complexity index is 326. The summed E-state index contributed by atoms with van der Waals surface area (Å²) in [5.74, 6) is 1.26. The van der Waals surface area contributed by atoms with E-state index in [0.717, 1.165) is 3.82 Å². The molecule has 0 fully saturated rings. The maximum atomic E-state index is 5.12. The van der Waals surface area contributed by atoms with Gasteiger partial charge in [-0.15, -0.1) is 11.8 Å². The molecule has 98 valence electrons. The van der Waals surface area contributed by atoms with Crippen molar-refractivity contribution in [3.05, 3.63) is 9.89 Å². The topological polar surface area (TPSA) is 0 Å². The first kappa shape index (κ1) is 15.7. The fourth-order valence-corrected chi connectivity index (χ4v) is 5.63. The molecule has 0 bridgehead atoms. The van der Waals surface area contributed by atoms with E-state index in [1.54, 1.807) is 10.3 Å². The molecule has 0 atom stereocenters. The summed E-state index contributed by atoms with van der Waals surface area (Å²) >= 11 is 7.09. The second-order valence-corrected chi connectivity index (χ2v) is 8.58. The van der Waals surface area contributed by atoms with Gasteiger partial charge in [-0.2, -0.15) is 0 Å². The van der Waals surface area contributed by atoms with Crippen LogP contribution in [0.4, 0.5) is 0 Å². The molecule has 0 N–H and O–H groups in total. The van der Waals surface area contributed by atoms with Crippen LogP contribution in [0.5, 0.6) is 0 Å². The van der Waals surface area contributed by atoms with Gasteiger partial charge in [0.15, 0.2) is 0 Å². The number of unbranched alkanes of at least 4 members (excludes halogenated alkanes) is 7. The van der Waals surface area contributed by atoms with Gasteiger partial charge in [0.25, 0.3) is 0 Å². The summed E-state index contributed by atoms with van der Waals surface area (Å²) in [4.78, 5) is 0. The van der Waals surface area contributed by atoms with E-state index in [-0.39, 0.29) is 0 Å². The van der Waals surface area contributed by atoms with Crippen LogP contribution in [-0.4, -0.2) is 5.75 Å². The molecule has 0 amide bonds. The van der Waals surface area contributed by atoms with Gasteiger partial charge in [0, 0.05) is 0 Å². The van der Waals surface area contributed by atoms with Crippen LogP contribution in [-0.2, 0) is 0 Å². The molecule has 0 saturated carbocycles. The van der Waals surface area contributed by atoms with Crippen LogP contribution < -0.4 is 0 Å². The highest BCUT2D eigenvalue weighted by Crippen LogP contribution is 2.29. The smallest absolute Gasteiger partial charge is 0.103 e. The van der Waals surface area contributed by atoms with Gasteiger partial charge < -0.3 is 0 Å². The number of thioether (sulfide) groups is 1.